The van der Waals surface area contributed by atoms with Crippen LogP contribution in [0, 0.1) is 0 Å². The first kappa shape index (κ1) is 12.6. The summed E-state index contributed by atoms with van der Waals surface area (Å²) in [4.78, 5) is 24.3. The van der Waals surface area contributed by atoms with Crippen molar-refractivity contribution in [2.24, 2.45) is 0 Å². The van der Waals surface area contributed by atoms with Gasteiger partial charge in [-0.15, -0.1) is 0 Å². The molecule has 0 N–H and O–H groups in total. The molecule has 3 rings (SSSR count). The smallest absolute Gasteiger partial charge is 0.261 e. The van der Waals surface area contributed by atoms with Gasteiger partial charge >= 0.3 is 0 Å². The van der Waals surface area contributed by atoms with Gasteiger partial charge in [-0.05, 0) is 50.7 Å². The number of aromatic nitrogens is 1. The second kappa shape index (κ2) is 4.95. The normalized spacial score (nSPS) is 19.4. The molecule has 0 spiro atoms. The summed E-state index contributed by atoms with van der Waals surface area (Å²) in [5.74, 6) is -0.0933. The van der Waals surface area contributed by atoms with E-state index >= 15 is 0 Å². The summed E-state index contributed by atoms with van der Waals surface area (Å²) in [7, 11) is 0. The molecule has 3 nitrogen and oxygen atoms in total. The van der Waals surface area contributed by atoms with Gasteiger partial charge in [-0.1, -0.05) is 19.3 Å². The van der Waals surface area contributed by atoms with E-state index < -0.39 is 0 Å². The van der Waals surface area contributed by atoms with Crippen LogP contribution < -0.4 is 5.56 Å². The third-order valence-electron chi connectivity index (χ3n) is 4.61. The highest BCUT2D eigenvalue weighted by Gasteiger charge is 2.25. The van der Waals surface area contributed by atoms with Crippen LogP contribution in [0.2, 0.25) is 0 Å². The Labute approximate surface area is 113 Å². The van der Waals surface area contributed by atoms with Gasteiger partial charge in [-0.25, -0.2) is 0 Å². The molecule has 1 fully saturated rings. The molecule has 2 aliphatic rings. The van der Waals surface area contributed by atoms with E-state index in [1.54, 1.807) is 0 Å². The molecule has 1 aromatic heterocycles. The second-order valence-electron chi connectivity index (χ2n) is 5.91. The van der Waals surface area contributed by atoms with Crippen LogP contribution in [-0.4, -0.2) is 10.4 Å². The Morgan fingerprint density at radius 3 is 2.58 bits per heavy atom. The Hall–Kier alpha value is -1.38. The number of aryl methyl sites for hydroxylation is 1. The van der Waals surface area contributed by atoms with Gasteiger partial charge < -0.3 is 4.57 Å². The summed E-state index contributed by atoms with van der Waals surface area (Å²) in [5, 5.41) is 0. The van der Waals surface area contributed by atoms with Crippen molar-refractivity contribution in [3.8, 4) is 0 Å². The van der Waals surface area contributed by atoms with Crippen molar-refractivity contribution in [1.82, 2.24) is 4.57 Å². The van der Waals surface area contributed by atoms with E-state index in [2.05, 4.69) is 0 Å². The monoisotopic (exact) mass is 259 g/mol. The molecule has 1 saturated carbocycles. The predicted molar refractivity (Wildman–Crippen MR) is 74.9 cm³/mol. The van der Waals surface area contributed by atoms with Crippen molar-refractivity contribution in [3.63, 3.8) is 0 Å². The SMILES string of the molecule is CC(=O)c1cc2c(n(C3CCCCC3)c1=O)CCC2. The summed E-state index contributed by atoms with van der Waals surface area (Å²) >= 11 is 0. The van der Waals surface area contributed by atoms with Gasteiger partial charge in [0.25, 0.3) is 5.56 Å². The van der Waals surface area contributed by atoms with E-state index in [0.717, 1.165) is 32.1 Å². The lowest BCUT2D eigenvalue weighted by Crippen LogP contribution is -2.32. The van der Waals surface area contributed by atoms with Crippen molar-refractivity contribution in [2.45, 2.75) is 64.3 Å². The van der Waals surface area contributed by atoms with Gasteiger partial charge in [-0.3, -0.25) is 9.59 Å². The van der Waals surface area contributed by atoms with Crippen LogP contribution in [0.5, 0.6) is 0 Å². The van der Waals surface area contributed by atoms with Crippen molar-refractivity contribution >= 4 is 5.78 Å². The Kier molecular flexibility index (Phi) is 3.29. The number of hydrogen-bond acceptors (Lipinski definition) is 2. The maximum atomic E-state index is 12.6. The largest absolute Gasteiger partial charge is 0.309 e. The summed E-state index contributed by atoms with van der Waals surface area (Å²) in [6.07, 6.45) is 9.00. The molecule has 0 radical (unpaired) electrons. The number of fused-ring (bicyclic) bond motifs is 1. The van der Waals surface area contributed by atoms with Crippen molar-refractivity contribution < 1.29 is 4.79 Å². The molecule has 102 valence electrons. The van der Waals surface area contributed by atoms with Crippen LogP contribution in [0.3, 0.4) is 0 Å². The lowest BCUT2D eigenvalue weighted by molar-refractivity contribution is 0.101. The average molecular weight is 259 g/mol. The van der Waals surface area contributed by atoms with Gasteiger partial charge in [0.1, 0.15) is 0 Å². The van der Waals surface area contributed by atoms with Crippen LogP contribution in [0.25, 0.3) is 0 Å². The van der Waals surface area contributed by atoms with Gasteiger partial charge in [-0.2, -0.15) is 0 Å². The molecule has 0 saturated heterocycles. The van der Waals surface area contributed by atoms with Gasteiger partial charge in [0.2, 0.25) is 0 Å². The Balaban J connectivity index is 2.15. The van der Waals surface area contributed by atoms with Crippen LogP contribution in [-0.2, 0) is 12.8 Å². The van der Waals surface area contributed by atoms with E-state index in [4.69, 9.17) is 0 Å². The molecule has 3 heteroatoms. The van der Waals surface area contributed by atoms with E-state index in [1.165, 1.54) is 37.4 Å². The third kappa shape index (κ3) is 2.15. The average Bonchev–Trinajstić information content (AvgIpc) is 2.86. The lowest BCUT2D eigenvalue weighted by Gasteiger charge is -2.27. The number of hydrogen-bond donors (Lipinski definition) is 0. The molecule has 0 amide bonds. The van der Waals surface area contributed by atoms with Crippen LogP contribution in [0.4, 0.5) is 0 Å². The number of ketones is 1. The van der Waals surface area contributed by atoms with Crippen LogP contribution >= 0.6 is 0 Å². The summed E-state index contributed by atoms with van der Waals surface area (Å²) < 4.78 is 1.98. The minimum Gasteiger partial charge on any atom is -0.309 e. The summed E-state index contributed by atoms with van der Waals surface area (Å²) in [5.41, 5.74) is 2.79. The molecule has 19 heavy (non-hydrogen) atoms. The summed E-state index contributed by atoms with van der Waals surface area (Å²) in [6, 6.07) is 2.18. The molecule has 1 heterocycles. The maximum Gasteiger partial charge on any atom is 0.261 e. The Morgan fingerprint density at radius 1 is 1.16 bits per heavy atom. The van der Waals surface area contributed by atoms with Crippen LogP contribution in [0.15, 0.2) is 10.9 Å². The van der Waals surface area contributed by atoms with Crippen molar-refractivity contribution in [1.29, 1.82) is 0 Å². The molecule has 0 unspecified atom stereocenters. The minimum absolute atomic E-state index is 0.0416. The highest BCUT2D eigenvalue weighted by Crippen LogP contribution is 2.31. The van der Waals surface area contributed by atoms with Crippen molar-refractivity contribution in [3.05, 3.63) is 33.2 Å². The van der Waals surface area contributed by atoms with Gasteiger partial charge in [0.15, 0.2) is 5.78 Å². The Morgan fingerprint density at radius 2 is 1.89 bits per heavy atom. The number of rotatable bonds is 2. The zero-order valence-corrected chi connectivity index (χ0v) is 11.6. The van der Waals surface area contributed by atoms with Crippen molar-refractivity contribution in [2.75, 3.05) is 0 Å². The molecular weight excluding hydrogens is 238 g/mol. The fourth-order valence-electron chi connectivity index (χ4n) is 3.65. The standard InChI is InChI=1S/C16H21NO2/c1-11(18)14-10-12-6-5-9-15(12)17(16(14)19)13-7-3-2-4-8-13/h10,13H,2-9H2,1H3. The fraction of sp³-hybridized carbons (Fsp3) is 0.625. The van der Waals surface area contributed by atoms with Gasteiger partial charge in [0, 0.05) is 11.7 Å². The highest BCUT2D eigenvalue weighted by molar-refractivity contribution is 5.93. The first-order chi connectivity index (χ1) is 9.18. The molecule has 1 aromatic rings. The Bertz CT molecular complexity index is 565. The molecule has 2 aliphatic carbocycles. The molecule has 0 aliphatic heterocycles. The second-order valence-corrected chi connectivity index (χ2v) is 5.91. The molecular formula is C16H21NO2. The molecule has 0 atom stereocenters. The molecule has 0 aromatic carbocycles. The third-order valence-corrected chi connectivity index (χ3v) is 4.61. The van der Waals surface area contributed by atoms with E-state index in [9.17, 15) is 9.59 Å². The predicted octanol–water partition coefficient (Wildman–Crippen LogP) is 3.04. The highest BCUT2D eigenvalue weighted by atomic mass is 16.1. The number of nitrogens with zero attached hydrogens (tertiary/aromatic N) is 1. The zero-order chi connectivity index (χ0) is 13.4. The van der Waals surface area contributed by atoms with E-state index in [1.807, 2.05) is 10.6 Å². The van der Waals surface area contributed by atoms with Gasteiger partial charge in [0.05, 0.1) is 5.56 Å². The number of Topliss-reactive ketones (excluding diaryl/α,β-unsaturated/α-hetero) is 1. The first-order valence-electron chi connectivity index (χ1n) is 7.46. The first-order valence-corrected chi connectivity index (χ1v) is 7.46. The lowest BCUT2D eigenvalue weighted by atomic mass is 9.94. The quantitative estimate of drug-likeness (QED) is 0.766. The van der Waals surface area contributed by atoms with E-state index in [-0.39, 0.29) is 11.3 Å². The van der Waals surface area contributed by atoms with Crippen LogP contribution in [0.1, 0.15) is 73.1 Å². The molecule has 0 bridgehead atoms. The topological polar surface area (TPSA) is 39.1 Å². The number of carbonyl (C=O) groups excluding carboxylic acids is 1. The maximum absolute atomic E-state index is 12.6. The minimum atomic E-state index is -0.0933. The number of pyridine rings is 1. The number of carbonyl (C=O) groups is 1. The fourth-order valence-corrected chi connectivity index (χ4v) is 3.65. The zero-order valence-electron chi connectivity index (χ0n) is 11.6. The summed E-state index contributed by atoms with van der Waals surface area (Å²) in [6.45, 7) is 1.50. The van der Waals surface area contributed by atoms with E-state index in [0.29, 0.717) is 11.6 Å².